The van der Waals surface area contributed by atoms with Crippen LogP contribution in [0, 0.1) is 0 Å². The lowest BCUT2D eigenvalue weighted by Gasteiger charge is -2.11. The Balaban J connectivity index is 2.28. The van der Waals surface area contributed by atoms with Crippen LogP contribution in [-0.4, -0.2) is 35.4 Å². The smallest absolute Gasteiger partial charge is 0.266 e. The molecule has 1 saturated heterocycles. The minimum Gasteiger partial charge on any atom is -0.493 e. The first-order valence-electron chi connectivity index (χ1n) is 7.16. The van der Waals surface area contributed by atoms with Crippen molar-refractivity contribution in [1.82, 2.24) is 4.90 Å². The molecule has 0 spiro atoms. The van der Waals surface area contributed by atoms with Crippen molar-refractivity contribution in [3.05, 3.63) is 28.7 Å². The molecule has 2 rings (SSSR count). The predicted octanol–water partition coefficient (Wildman–Crippen LogP) is 3.71. The molecule has 0 aliphatic carbocycles. The van der Waals surface area contributed by atoms with Gasteiger partial charge in [0.1, 0.15) is 4.32 Å². The molecule has 1 heterocycles. The number of likely N-dealkylation sites (N-methyl/N-ethyl adjacent to an activating group) is 1. The van der Waals surface area contributed by atoms with Crippen LogP contribution < -0.4 is 9.47 Å². The van der Waals surface area contributed by atoms with Crippen LogP contribution in [0.15, 0.2) is 23.1 Å². The van der Waals surface area contributed by atoms with Crippen molar-refractivity contribution in [2.24, 2.45) is 0 Å². The normalized spacial score (nSPS) is 16.5. The number of ether oxygens (including phenoxy) is 2. The molecule has 0 radical (unpaired) electrons. The number of carbonyl (C=O) groups excluding carboxylic acids is 1. The van der Waals surface area contributed by atoms with Crippen LogP contribution in [0.3, 0.4) is 0 Å². The lowest BCUT2D eigenvalue weighted by atomic mass is 10.2. The highest BCUT2D eigenvalue weighted by Gasteiger charge is 2.30. The zero-order valence-corrected chi connectivity index (χ0v) is 14.6. The van der Waals surface area contributed by atoms with Gasteiger partial charge in [0, 0.05) is 6.54 Å². The molecule has 118 valence electrons. The SMILES string of the molecule is CCCOc1cc(/C=C2\SC(=S)N(CC)C2=O)ccc1OC. The van der Waals surface area contributed by atoms with Gasteiger partial charge >= 0.3 is 0 Å². The summed E-state index contributed by atoms with van der Waals surface area (Å²) in [6.07, 6.45) is 2.76. The van der Waals surface area contributed by atoms with E-state index in [0.717, 1.165) is 12.0 Å². The van der Waals surface area contributed by atoms with Crippen LogP contribution in [0.1, 0.15) is 25.8 Å². The van der Waals surface area contributed by atoms with Gasteiger partial charge in [-0.15, -0.1) is 0 Å². The van der Waals surface area contributed by atoms with Gasteiger partial charge in [0.15, 0.2) is 11.5 Å². The lowest BCUT2D eigenvalue weighted by Crippen LogP contribution is -2.27. The zero-order valence-electron chi connectivity index (χ0n) is 12.9. The molecule has 0 aromatic heterocycles. The van der Waals surface area contributed by atoms with Gasteiger partial charge in [-0.3, -0.25) is 9.69 Å². The average Bonchev–Trinajstić information content (AvgIpc) is 2.79. The molecule has 4 nitrogen and oxygen atoms in total. The van der Waals surface area contributed by atoms with Crippen LogP contribution in [0.5, 0.6) is 11.5 Å². The van der Waals surface area contributed by atoms with Crippen LogP contribution in [0.4, 0.5) is 0 Å². The molecule has 1 aromatic carbocycles. The van der Waals surface area contributed by atoms with E-state index in [1.165, 1.54) is 11.8 Å². The number of thiocarbonyl (C=S) groups is 1. The summed E-state index contributed by atoms with van der Waals surface area (Å²) in [5.41, 5.74) is 0.892. The second-order valence-corrected chi connectivity index (χ2v) is 6.36. The maximum atomic E-state index is 12.2. The van der Waals surface area contributed by atoms with E-state index in [0.29, 0.717) is 33.9 Å². The summed E-state index contributed by atoms with van der Waals surface area (Å²) in [5, 5.41) is 0. The highest BCUT2D eigenvalue weighted by atomic mass is 32.2. The molecular formula is C16H19NO3S2. The highest BCUT2D eigenvalue weighted by molar-refractivity contribution is 8.26. The van der Waals surface area contributed by atoms with Crippen LogP contribution in [-0.2, 0) is 4.79 Å². The molecule has 0 atom stereocenters. The van der Waals surface area contributed by atoms with E-state index in [2.05, 4.69) is 0 Å². The van der Waals surface area contributed by atoms with Gasteiger partial charge in [0.2, 0.25) is 0 Å². The Labute approximate surface area is 140 Å². The first-order valence-corrected chi connectivity index (χ1v) is 8.39. The first kappa shape index (κ1) is 16.8. The van der Waals surface area contributed by atoms with Gasteiger partial charge in [-0.05, 0) is 37.1 Å². The van der Waals surface area contributed by atoms with Crippen molar-refractivity contribution >= 4 is 40.3 Å². The maximum Gasteiger partial charge on any atom is 0.266 e. The number of nitrogens with zero attached hydrogens (tertiary/aromatic N) is 1. The molecule has 1 amide bonds. The molecule has 0 saturated carbocycles. The Morgan fingerprint density at radius 3 is 2.68 bits per heavy atom. The summed E-state index contributed by atoms with van der Waals surface area (Å²) in [6.45, 7) is 5.18. The quantitative estimate of drug-likeness (QED) is 0.584. The molecule has 0 unspecified atom stereocenters. The summed E-state index contributed by atoms with van der Waals surface area (Å²) in [4.78, 5) is 14.5. The van der Waals surface area contributed by atoms with Crippen LogP contribution in [0.25, 0.3) is 6.08 Å². The third-order valence-electron chi connectivity index (χ3n) is 3.14. The van der Waals surface area contributed by atoms with E-state index in [4.69, 9.17) is 21.7 Å². The Kier molecular flexibility index (Phi) is 5.85. The fourth-order valence-electron chi connectivity index (χ4n) is 2.03. The Morgan fingerprint density at radius 1 is 1.32 bits per heavy atom. The molecule has 0 bridgehead atoms. The van der Waals surface area contributed by atoms with E-state index in [-0.39, 0.29) is 5.91 Å². The van der Waals surface area contributed by atoms with Gasteiger partial charge < -0.3 is 9.47 Å². The van der Waals surface area contributed by atoms with E-state index in [1.54, 1.807) is 12.0 Å². The fourth-order valence-corrected chi connectivity index (χ4v) is 3.42. The van der Waals surface area contributed by atoms with Gasteiger partial charge in [-0.25, -0.2) is 0 Å². The van der Waals surface area contributed by atoms with Crippen molar-refractivity contribution in [3.63, 3.8) is 0 Å². The predicted molar refractivity (Wildman–Crippen MR) is 94.3 cm³/mol. The monoisotopic (exact) mass is 337 g/mol. The largest absolute Gasteiger partial charge is 0.493 e. The van der Waals surface area contributed by atoms with Crippen molar-refractivity contribution in [2.75, 3.05) is 20.3 Å². The summed E-state index contributed by atoms with van der Waals surface area (Å²) in [7, 11) is 1.61. The van der Waals surface area contributed by atoms with Crippen molar-refractivity contribution < 1.29 is 14.3 Å². The number of rotatable bonds is 6. The Morgan fingerprint density at radius 2 is 2.09 bits per heavy atom. The maximum absolute atomic E-state index is 12.2. The molecule has 1 aliphatic rings. The standard InChI is InChI=1S/C16H19NO3S2/c1-4-8-20-13-9-11(6-7-12(13)19-3)10-14-15(18)17(5-2)16(21)22-14/h6-7,9-10H,4-5,8H2,1-3H3/b14-10-. The number of amides is 1. The summed E-state index contributed by atoms with van der Waals surface area (Å²) < 4.78 is 11.6. The third kappa shape index (κ3) is 3.62. The Hall–Kier alpha value is -1.53. The Bertz CT molecular complexity index is 613. The van der Waals surface area contributed by atoms with Gasteiger partial charge in [0.05, 0.1) is 18.6 Å². The molecular weight excluding hydrogens is 318 g/mol. The summed E-state index contributed by atoms with van der Waals surface area (Å²) in [5.74, 6) is 1.33. The third-order valence-corrected chi connectivity index (χ3v) is 4.51. The second kappa shape index (κ2) is 7.65. The molecule has 0 N–H and O–H groups in total. The second-order valence-electron chi connectivity index (χ2n) is 4.68. The number of methoxy groups -OCH3 is 1. The number of hydrogen-bond acceptors (Lipinski definition) is 5. The van der Waals surface area contributed by atoms with Gasteiger partial charge in [0.25, 0.3) is 5.91 Å². The summed E-state index contributed by atoms with van der Waals surface area (Å²) in [6, 6.07) is 5.63. The fraction of sp³-hybridized carbons (Fsp3) is 0.375. The average molecular weight is 337 g/mol. The zero-order chi connectivity index (χ0) is 16.1. The molecule has 1 fully saturated rings. The van der Waals surface area contributed by atoms with Gasteiger partial charge in [-0.1, -0.05) is 37.0 Å². The van der Waals surface area contributed by atoms with E-state index in [1.807, 2.05) is 38.1 Å². The number of thioether (sulfide) groups is 1. The van der Waals surface area contributed by atoms with E-state index < -0.39 is 0 Å². The summed E-state index contributed by atoms with van der Waals surface area (Å²) >= 11 is 6.55. The van der Waals surface area contributed by atoms with Crippen molar-refractivity contribution in [2.45, 2.75) is 20.3 Å². The molecule has 1 aliphatic heterocycles. The lowest BCUT2D eigenvalue weighted by molar-refractivity contribution is -0.121. The number of carbonyl (C=O) groups is 1. The minimum atomic E-state index is -0.0376. The van der Waals surface area contributed by atoms with Crippen LogP contribution >= 0.6 is 24.0 Å². The van der Waals surface area contributed by atoms with Gasteiger partial charge in [-0.2, -0.15) is 0 Å². The van der Waals surface area contributed by atoms with Crippen LogP contribution in [0.2, 0.25) is 0 Å². The van der Waals surface area contributed by atoms with Crippen molar-refractivity contribution in [3.8, 4) is 11.5 Å². The van der Waals surface area contributed by atoms with E-state index >= 15 is 0 Å². The molecule has 1 aromatic rings. The number of hydrogen-bond donors (Lipinski definition) is 0. The first-order chi connectivity index (χ1) is 10.6. The highest BCUT2D eigenvalue weighted by Crippen LogP contribution is 2.34. The topological polar surface area (TPSA) is 38.8 Å². The minimum absolute atomic E-state index is 0.0376. The molecule has 6 heteroatoms. The van der Waals surface area contributed by atoms with E-state index in [9.17, 15) is 4.79 Å². The molecule has 22 heavy (non-hydrogen) atoms. The number of benzene rings is 1. The van der Waals surface area contributed by atoms with Crippen molar-refractivity contribution in [1.29, 1.82) is 0 Å².